The predicted octanol–water partition coefficient (Wildman–Crippen LogP) is 2.25. The molecule has 1 N–H and O–H groups in total. The highest BCUT2D eigenvalue weighted by atomic mass is 16.5. The Morgan fingerprint density at radius 2 is 2.14 bits per heavy atom. The van der Waals surface area contributed by atoms with E-state index in [-0.39, 0.29) is 12.0 Å². The summed E-state index contributed by atoms with van der Waals surface area (Å²) in [6, 6.07) is 9.77. The van der Waals surface area contributed by atoms with E-state index < -0.39 is 0 Å². The molecule has 3 rings (SSSR count). The Bertz CT molecular complexity index is 632. The minimum Gasteiger partial charge on any atom is -0.489 e. The lowest BCUT2D eigenvalue weighted by atomic mass is 10.1. The number of nitrogens with one attached hydrogen (secondary N) is 1. The Hall–Kier alpha value is -2.30. The topological polar surface area (TPSA) is 58.2 Å². The Labute approximate surface area is 130 Å². The summed E-state index contributed by atoms with van der Waals surface area (Å²) in [4.78, 5) is 14.3. The first kappa shape index (κ1) is 14.6. The summed E-state index contributed by atoms with van der Waals surface area (Å²) in [6.07, 6.45) is 1.37. The lowest BCUT2D eigenvalue weighted by Crippen LogP contribution is -2.32. The smallest absolute Gasteiger partial charge is 0.227 e. The van der Waals surface area contributed by atoms with Gasteiger partial charge in [-0.25, -0.2) is 0 Å². The molecule has 1 aliphatic rings. The van der Waals surface area contributed by atoms with Gasteiger partial charge in [0.1, 0.15) is 11.9 Å². The Balaban J connectivity index is 1.57. The van der Waals surface area contributed by atoms with Crippen LogP contribution in [0.3, 0.4) is 0 Å². The van der Waals surface area contributed by atoms with Gasteiger partial charge in [0.2, 0.25) is 5.91 Å². The summed E-state index contributed by atoms with van der Waals surface area (Å²) < 4.78 is 5.93. The molecule has 1 amide bonds. The van der Waals surface area contributed by atoms with Crippen LogP contribution in [0.5, 0.6) is 5.75 Å². The maximum atomic E-state index is 12.4. The number of amides is 1. The second-order valence-corrected chi connectivity index (χ2v) is 5.77. The normalized spacial score (nSPS) is 17.7. The molecule has 2 aromatic rings. The van der Waals surface area contributed by atoms with Crippen molar-refractivity contribution in [2.24, 2.45) is 0 Å². The van der Waals surface area contributed by atoms with E-state index in [9.17, 15) is 4.79 Å². The number of aryl methyl sites for hydroxylation is 2. The number of ether oxygens (including phenoxy) is 1. The molecule has 0 bridgehead atoms. The number of para-hydroxylation sites is 1. The zero-order valence-corrected chi connectivity index (χ0v) is 13.0. The van der Waals surface area contributed by atoms with Crippen molar-refractivity contribution in [3.05, 3.63) is 47.3 Å². The number of hydrogen-bond acceptors (Lipinski definition) is 3. The van der Waals surface area contributed by atoms with E-state index in [1.54, 1.807) is 0 Å². The van der Waals surface area contributed by atoms with E-state index in [2.05, 4.69) is 10.2 Å². The van der Waals surface area contributed by atoms with Crippen molar-refractivity contribution < 1.29 is 9.53 Å². The maximum absolute atomic E-state index is 12.4. The van der Waals surface area contributed by atoms with Gasteiger partial charge in [-0.1, -0.05) is 18.2 Å². The Morgan fingerprint density at radius 3 is 2.82 bits per heavy atom. The van der Waals surface area contributed by atoms with Gasteiger partial charge in [0.05, 0.1) is 18.7 Å². The predicted molar refractivity (Wildman–Crippen MR) is 83.8 cm³/mol. The number of hydrogen-bond donors (Lipinski definition) is 1. The molecule has 1 saturated heterocycles. The van der Waals surface area contributed by atoms with E-state index in [1.165, 1.54) is 0 Å². The van der Waals surface area contributed by atoms with Gasteiger partial charge in [-0.15, -0.1) is 0 Å². The summed E-state index contributed by atoms with van der Waals surface area (Å²) in [5.74, 6) is 1.01. The molecule has 0 unspecified atom stereocenters. The van der Waals surface area contributed by atoms with E-state index in [0.29, 0.717) is 13.0 Å². The first-order valence-electron chi connectivity index (χ1n) is 7.63. The summed E-state index contributed by atoms with van der Waals surface area (Å²) in [5, 5.41) is 7.08. The van der Waals surface area contributed by atoms with Gasteiger partial charge in [0, 0.05) is 24.2 Å². The average molecular weight is 299 g/mol. The summed E-state index contributed by atoms with van der Waals surface area (Å²) in [7, 11) is 0. The van der Waals surface area contributed by atoms with Gasteiger partial charge in [0.15, 0.2) is 0 Å². The quantitative estimate of drug-likeness (QED) is 0.942. The molecule has 1 atom stereocenters. The number of carbonyl (C=O) groups excluding carboxylic acids is 1. The van der Waals surface area contributed by atoms with Crippen LogP contribution in [0.2, 0.25) is 0 Å². The highest BCUT2D eigenvalue weighted by Crippen LogP contribution is 2.19. The molecule has 1 aromatic heterocycles. The highest BCUT2D eigenvalue weighted by Gasteiger charge is 2.28. The van der Waals surface area contributed by atoms with Crippen molar-refractivity contribution in [1.82, 2.24) is 15.1 Å². The molecular formula is C17H21N3O2. The first-order valence-corrected chi connectivity index (χ1v) is 7.63. The van der Waals surface area contributed by atoms with E-state index in [4.69, 9.17) is 4.74 Å². The second kappa shape index (κ2) is 6.22. The largest absolute Gasteiger partial charge is 0.489 e. The number of nitrogens with zero attached hydrogens (tertiary/aromatic N) is 2. The number of carbonyl (C=O) groups is 1. The molecule has 0 aliphatic carbocycles. The average Bonchev–Trinajstić information content (AvgIpc) is 3.10. The minimum atomic E-state index is 0.0814. The molecule has 116 valence electrons. The van der Waals surface area contributed by atoms with Gasteiger partial charge >= 0.3 is 0 Å². The van der Waals surface area contributed by atoms with Crippen molar-refractivity contribution in [2.75, 3.05) is 13.1 Å². The Morgan fingerprint density at radius 1 is 1.36 bits per heavy atom. The molecule has 1 fully saturated rings. The van der Waals surface area contributed by atoms with Gasteiger partial charge in [-0.05, 0) is 26.0 Å². The lowest BCUT2D eigenvalue weighted by Gasteiger charge is -2.17. The number of benzene rings is 1. The summed E-state index contributed by atoms with van der Waals surface area (Å²) >= 11 is 0. The van der Waals surface area contributed by atoms with E-state index in [1.807, 2.05) is 49.1 Å². The van der Waals surface area contributed by atoms with Crippen LogP contribution in [-0.4, -0.2) is 40.2 Å². The second-order valence-electron chi connectivity index (χ2n) is 5.77. The zero-order valence-electron chi connectivity index (χ0n) is 13.0. The van der Waals surface area contributed by atoms with Crippen LogP contribution in [0.1, 0.15) is 23.4 Å². The van der Waals surface area contributed by atoms with E-state index >= 15 is 0 Å². The molecule has 2 heterocycles. The molecular weight excluding hydrogens is 278 g/mol. The van der Waals surface area contributed by atoms with Crippen LogP contribution in [-0.2, 0) is 11.2 Å². The molecule has 5 nitrogen and oxygen atoms in total. The van der Waals surface area contributed by atoms with Gasteiger partial charge in [-0.2, -0.15) is 5.10 Å². The van der Waals surface area contributed by atoms with Gasteiger partial charge in [-0.3, -0.25) is 9.89 Å². The fraction of sp³-hybridized carbons (Fsp3) is 0.412. The van der Waals surface area contributed by atoms with Crippen molar-refractivity contribution in [3.63, 3.8) is 0 Å². The molecule has 22 heavy (non-hydrogen) atoms. The third kappa shape index (κ3) is 3.13. The molecule has 0 radical (unpaired) electrons. The van der Waals surface area contributed by atoms with Crippen LogP contribution in [0.4, 0.5) is 0 Å². The highest BCUT2D eigenvalue weighted by molar-refractivity contribution is 5.79. The summed E-state index contributed by atoms with van der Waals surface area (Å²) in [6.45, 7) is 5.29. The van der Waals surface area contributed by atoms with Crippen molar-refractivity contribution in [3.8, 4) is 5.75 Å². The van der Waals surface area contributed by atoms with Crippen LogP contribution < -0.4 is 4.74 Å². The molecule has 0 spiro atoms. The monoisotopic (exact) mass is 299 g/mol. The van der Waals surface area contributed by atoms with Gasteiger partial charge in [0.25, 0.3) is 0 Å². The first-order chi connectivity index (χ1) is 10.6. The number of H-pyrrole nitrogens is 1. The lowest BCUT2D eigenvalue weighted by molar-refractivity contribution is -0.129. The fourth-order valence-corrected chi connectivity index (χ4v) is 2.84. The Kier molecular flexibility index (Phi) is 4.13. The van der Waals surface area contributed by atoms with Crippen LogP contribution >= 0.6 is 0 Å². The van der Waals surface area contributed by atoms with Crippen LogP contribution in [0.25, 0.3) is 0 Å². The van der Waals surface area contributed by atoms with Crippen LogP contribution in [0, 0.1) is 13.8 Å². The number of rotatable bonds is 4. The molecule has 0 saturated carbocycles. The third-order valence-corrected chi connectivity index (χ3v) is 4.15. The maximum Gasteiger partial charge on any atom is 0.227 e. The zero-order chi connectivity index (χ0) is 15.5. The third-order valence-electron chi connectivity index (χ3n) is 4.15. The minimum absolute atomic E-state index is 0.0814. The SMILES string of the molecule is Cc1n[nH]c(C)c1CC(=O)N1CC[C@H](Oc2ccccc2)C1. The molecule has 1 aliphatic heterocycles. The number of likely N-dealkylation sites (tertiary alicyclic amines) is 1. The standard InChI is InChI=1S/C17H21N3O2/c1-12-16(13(2)19-18-12)10-17(21)20-9-8-15(11-20)22-14-6-4-3-5-7-14/h3-7,15H,8-11H2,1-2H3,(H,18,19)/t15-/m0/s1. The van der Waals surface area contributed by atoms with Crippen LogP contribution in [0.15, 0.2) is 30.3 Å². The van der Waals surface area contributed by atoms with Crippen molar-refractivity contribution in [1.29, 1.82) is 0 Å². The van der Waals surface area contributed by atoms with Gasteiger partial charge < -0.3 is 9.64 Å². The summed E-state index contributed by atoms with van der Waals surface area (Å²) in [5.41, 5.74) is 2.89. The molecule has 1 aromatic carbocycles. The van der Waals surface area contributed by atoms with Crippen molar-refractivity contribution >= 4 is 5.91 Å². The number of aromatic nitrogens is 2. The number of aromatic amines is 1. The van der Waals surface area contributed by atoms with E-state index in [0.717, 1.165) is 35.7 Å². The van der Waals surface area contributed by atoms with Crippen molar-refractivity contribution in [2.45, 2.75) is 32.8 Å². The molecule has 5 heteroatoms. The fourth-order valence-electron chi connectivity index (χ4n) is 2.84.